The number of hydrogen-bond donors (Lipinski definition) is 0. The molecule has 18 heavy (non-hydrogen) atoms. The van der Waals surface area contributed by atoms with Gasteiger partial charge in [0.05, 0.1) is 6.10 Å². The third-order valence-corrected chi connectivity index (χ3v) is 3.88. The van der Waals surface area contributed by atoms with Crippen LogP contribution in [0.1, 0.15) is 30.9 Å². The Morgan fingerprint density at radius 3 is 2.83 bits per heavy atom. The Kier molecular flexibility index (Phi) is 4.40. The molecular weight excluding hydrogens is 250 g/mol. The van der Waals surface area contributed by atoms with Gasteiger partial charge in [-0.05, 0) is 44.7 Å². The minimum absolute atomic E-state index is 0.306. The Hall–Kier alpha value is -0.870. The van der Waals surface area contributed by atoms with Crippen molar-refractivity contribution in [1.82, 2.24) is 10.2 Å². The zero-order chi connectivity index (χ0) is 13.1. The highest BCUT2D eigenvalue weighted by atomic mass is 35.5. The largest absolute Gasteiger partial charge is 0.377 e. The first-order chi connectivity index (χ1) is 8.63. The van der Waals surface area contributed by atoms with Crippen LogP contribution in [0.5, 0.6) is 0 Å². The second-order valence-corrected chi connectivity index (χ2v) is 5.09. The molecule has 1 fully saturated rings. The van der Waals surface area contributed by atoms with Crippen LogP contribution in [0, 0.1) is 13.8 Å². The summed E-state index contributed by atoms with van der Waals surface area (Å²) in [4.78, 5) is 2.26. The summed E-state index contributed by atoms with van der Waals surface area (Å²) in [6.45, 7) is 8.75. The summed E-state index contributed by atoms with van der Waals surface area (Å²) >= 11 is 5.99. The second-order valence-electron chi connectivity index (χ2n) is 4.73. The van der Waals surface area contributed by atoms with E-state index in [1.165, 1.54) is 0 Å². The Morgan fingerprint density at radius 2 is 2.11 bits per heavy atom. The molecule has 4 nitrogen and oxygen atoms in total. The minimum Gasteiger partial charge on any atom is -0.377 e. The average Bonchev–Trinajstić information content (AvgIpc) is 2.37. The number of aromatic nitrogens is 2. The Balaban J connectivity index is 2.18. The number of halogens is 1. The molecule has 1 unspecified atom stereocenters. The van der Waals surface area contributed by atoms with Crippen molar-refractivity contribution < 1.29 is 4.74 Å². The van der Waals surface area contributed by atoms with Gasteiger partial charge in [-0.3, -0.25) is 0 Å². The van der Waals surface area contributed by atoms with Crippen LogP contribution in [0.3, 0.4) is 0 Å². The van der Waals surface area contributed by atoms with Gasteiger partial charge in [-0.25, -0.2) is 0 Å². The van der Waals surface area contributed by atoms with Crippen molar-refractivity contribution in [3.05, 3.63) is 16.3 Å². The molecule has 2 rings (SSSR count). The van der Waals surface area contributed by atoms with Gasteiger partial charge >= 0.3 is 0 Å². The van der Waals surface area contributed by atoms with Gasteiger partial charge in [0.25, 0.3) is 0 Å². The van der Waals surface area contributed by atoms with Gasteiger partial charge in [0, 0.05) is 19.7 Å². The number of nitrogens with zero attached hydrogens (tertiary/aromatic N) is 3. The zero-order valence-electron chi connectivity index (χ0n) is 11.2. The van der Waals surface area contributed by atoms with Crippen LogP contribution in [-0.2, 0) is 4.74 Å². The maximum atomic E-state index is 5.99. The predicted molar refractivity (Wildman–Crippen MR) is 73.4 cm³/mol. The van der Waals surface area contributed by atoms with E-state index in [0.29, 0.717) is 11.3 Å². The molecule has 100 valence electrons. The van der Waals surface area contributed by atoms with Gasteiger partial charge in [0.1, 0.15) is 0 Å². The van der Waals surface area contributed by atoms with Crippen molar-refractivity contribution in [2.45, 2.75) is 39.7 Å². The van der Waals surface area contributed by atoms with Crippen LogP contribution >= 0.6 is 11.6 Å². The first kappa shape index (κ1) is 13.6. The van der Waals surface area contributed by atoms with Crippen LogP contribution in [0.25, 0.3) is 0 Å². The zero-order valence-corrected chi connectivity index (χ0v) is 12.0. The van der Waals surface area contributed by atoms with Crippen LogP contribution in [0.2, 0.25) is 5.15 Å². The molecule has 1 saturated heterocycles. The number of hydrogen-bond acceptors (Lipinski definition) is 4. The normalized spacial score (nSPS) is 20.2. The topological polar surface area (TPSA) is 38.2 Å². The highest BCUT2D eigenvalue weighted by Gasteiger charge is 2.23. The van der Waals surface area contributed by atoms with Gasteiger partial charge in [0.2, 0.25) is 0 Å². The quantitative estimate of drug-likeness (QED) is 0.846. The van der Waals surface area contributed by atoms with E-state index in [-0.39, 0.29) is 0 Å². The molecule has 1 aliphatic heterocycles. The molecule has 0 N–H and O–H groups in total. The molecule has 5 heteroatoms. The molecule has 1 aliphatic rings. The lowest BCUT2D eigenvalue weighted by atomic mass is 10.1. The fraction of sp³-hybridized carbons (Fsp3) is 0.692. The summed E-state index contributed by atoms with van der Waals surface area (Å²) in [5, 5.41) is 8.76. The number of ether oxygens (including phenoxy) is 1. The maximum Gasteiger partial charge on any atom is 0.155 e. The predicted octanol–water partition coefficient (Wildman–Crippen LogP) is 2.75. The van der Waals surface area contributed by atoms with Crippen molar-refractivity contribution in [2.75, 3.05) is 24.6 Å². The van der Waals surface area contributed by atoms with E-state index in [0.717, 1.165) is 49.5 Å². The summed E-state index contributed by atoms with van der Waals surface area (Å²) in [5.74, 6) is 0.946. The summed E-state index contributed by atoms with van der Waals surface area (Å²) in [6.07, 6.45) is 2.57. The summed E-state index contributed by atoms with van der Waals surface area (Å²) in [6, 6.07) is 0. The molecule has 1 aromatic heterocycles. The van der Waals surface area contributed by atoms with Crippen LogP contribution in [0.4, 0.5) is 5.82 Å². The fourth-order valence-electron chi connectivity index (χ4n) is 2.37. The van der Waals surface area contributed by atoms with Gasteiger partial charge < -0.3 is 9.64 Å². The van der Waals surface area contributed by atoms with E-state index in [9.17, 15) is 0 Å². The first-order valence-electron chi connectivity index (χ1n) is 6.49. The minimum atomic E-state index is 0.306. The molecule has 2 heterocycles. The van der Waals surface area contributed by atoms with Gasteiger partial charge in [-0.15, -0.1) is 10.2 Å². The Labute approximate surface area is 113 Å². The third kappa shape index (κ3) is 2.75. The highest BCUT2D eigenvalue weighted by molar-refractivity contribution is 6.30. The molecule has 0 aliphatic carbocycles. The Morgan fingerprint density at radius 1 is 1.33 bits per heavy atom. The summed E-state index contributed by atoms with van der Waals surface area (Å²) in [7, 11) is 0. The van der Waals surface area contributed by atoms with E-state index in [1.807, 2.05) is 13.8 Å². The molecule has 0 bridgehead atoms. The summed E-state index contributed by atoms with van der Waals surface area (Å²) < 4.78 is 5.71. The van der Waals surface area contributed by atoms with E-state index in [1.54, 1.807) is 0 Å². The van der Waals surface area contributed by atoms with Crippen molar-refractivity contribution in [3.63, 3.8) is 0 Å². The standard InChI is InChI=1S/C13H20ClN3O/c1-4-18-11-6-5-7-17(8-11)13-10(3)9(2)12(14)15-16-13/h11H,4-8H2,1-3H3. The average molecular weight is 270 g/mol. The highest BCUT2D eigenvalue weighted by Crippen LogP contribution is 2.26. The van der Waals surface area contributed by atoms with Gasteiger partial charge in [0.15, 0.2) is 11.0 Å². The van der Waals surface area contributed by atoms with Crippen molar-refractivity contribution >= 4 is 17.4 Å². The fourth-order valence-corrected chi connectivity index (χ4v) is 2.55. The molecule has 0 spiro atoms. The van der Waals surface area contributed by atoms with Crippen LogP contribution in [0.15, 0.2) is 0 Å². The van der Waals surface area contributed by atoms with Gasteiger partial charge in [-0.1, -0.05) is 11.6 Å². The monoisotopic (exact) mass is 269 g/mol. The molecule has 0 saturated carbocycles. The van der Waals surface area contributed by atoms with Crippen LogP contribution < -0.4 is 4.90 Å². The van der Waals surface area contributed by atoms with Crippen molar-refractivity contribution in [1.29, 1.82) is 0 Å². The third-order valence-electron chi connectivity index (χ3n) is 3.52. The second kappa shape index (κ2) is 5.85. The summed E-state index contributed by atoms with van der Waals surface area (Å²) in [5.41, 5.74) is 2.13. The lowest BCUT2D eigenvalue weighted by Gasteiger charge is -2.34. The number of rotatable bonds is 3. The van der Waals surface area contributed by atoms with E-state index >= 15 is 0 Å². The molecule has 0 amide bonds. The molecular formula is C13H20ClN3O. The lowest BCUT2D eigenvalue weighted by molar-refractivity contribution is 0.0524. The molecule has 0 radical (unpaired) electrons. The van der Waals surface area contributed by atoms with Gasteiger partial charge in [-0.2, -0.15) is 0 Å². The molecule has 0 aromatic carbocycles. The number of anilines is 1. The molecule has 1 atom stereocenters. The smallest absolute Gasteiger partial charge is 0.155 e. The SMILES string of the molecule is CCOC1CCCN(c2nnc(Cl)c(C)c2C)C1. The van der Waals surface area contributed by atoms with Crippen molar-refractivity contribution in [3.8, 4) is 0 Å². The van der Waals surface area contributed by atoms with E-state index < -0.39 is 0 Å². The first-order valence-corrected chi connectivity index (χ1v) is 6.87. The Bertz CT molecular complexity index is 423. The number of piperidine rings is 1. The lowest BCUT2D eigenvalue weighted by Crippen LogP contribution is -2.40. The maximum absolute atomic E-state index is 5.99. The van der Waals surface area contributed by atoms with Crippen LogP contribution in [-0.4, -0.2) is 36.0 Å². The van der Waals surface area contributed by atoms with E-state index in [2.05, 4.69) is 22.0 Å². The van der Waals surface area contributed by atoms with E-state index in [4.69, 9.17) is 16.3 Å². The van der Waals surface area contributed by atoms with Crippen molar-refractivity contribution in [2.24, 2.45) is 0 Å². The molecule has 1 aromatic rings.